The second kappa shape index (κ2) is 3.19. The molecule has 2 fully saturated rings. The normalized spacial score (nSPS) is 35.2. The molecule has 0 bridgehead atoms. The molecule has 0 radical (unpaired) electrons. The second-order valence-corrected chi connectivity index (χ2v) is 6.39. The zero-order valence-electron chi connectivity index (χ0n) is 6.58. The van der Waals surface area contributed by atoms with E-state index in [4.69, 9.17) is 5.11 Å². The van der Waals surface area contributed by atoms with Crippen molar-refractivity contribution in [1.82, 2.24) is 0 Å². The van der Waals surface area contributed by atoms with Crippen LogP contribution in [0.25, 0.3) is 0 Å². The van der Waals surface area contributed by atoms with Crippen molar-refractivity contribution in [3.05, 3.63) is 0 Å². The van der Waals surface area contributed by atoms with Gasteiger partial charge in [0.15, 0.2) is 0 Å². The Bertz CT molecular complexity index is 138. The molecule has 2 rings (SSSR count). The third-order valence-corrected chi connectivity index (χ3v) is 6.53. The fraction of sp³-hybridized carbons (Fsp3) is 1.00. The molecule has 1 heterocycles. The molecule has 0 aromatic carbocycles. The lowest BCUT2D eigenvalue weighted by atomic mass is 10.1. The molecule has 0 aromatic rings. The monoisotopic (exact) mass is 190 g/mol. The van der Waals surface area contributed by atoms with E-state index in [1.165, 1.54) is 30.8 Å². The Morgan fingerprint density at radius 3 is 2.73 bits per heavy atom. The Morgan fingerprint density at radius 1 is 1.36 bits per heavy atom. The maximum Gasteiger partial charge on any atom is 0.0661 e. The van der Waals surface area contributed by atoms with Crippen LogP contribution in [0, 0.1) is 5.92 Å². The molecule has 1 saturated carbocycles. The van der Waals surface area contributed by atoms with Crippen LogP contribution in [0.1, 0.15) is 19.3 Å². The van der Waals surface area contributed by atoms with Gasteiger partial charge in [0, 0.05) is 24.0 Å². The van der Waals surface area contributed by atoms with Gasteiger partial charge in [0.1, 0.15) is 0 Å². The van der Waals surface area contributed by atoms with Crippen molar-refractivity contribution >= 4 is 23.5 Å². The predicted molar refractivity (Wildman–Crippen MR) is 52.1 cm³/mol. The molecule has 2 aliphatic rings. The molecule has 1 aliphatic carbocycles. The van der Waals surface area contributed by atoms with Crippen LogP contribution in [-0.2, 0) is 0 Å². The number of rotatable bonds is 1. The van der Waals surface area contributed by atoms with Gasteiger partial charge in [-0.05, 0) is 12.8 Å². The molecule has 1 nitrogen and oxygen atoms in total. The van der Waals surface area contributed by atoms with Gasteiger partial charge >= 0.3 is 0 Å². The summed E-state index contributed by atoms with van der Waals surface area (Å²) in [7, 11) is 0. The minimum atomic E-state index is 0.403. The van der Waals surface area contributed by atoms with Crippen molar-refractivity contribution in [2.24, 2.45) is 5.92 Å². The van der Waals surface area contributed by atoms with Crippen LogP contribution in [0.4, 0.5) is 0 Å². The van der Waals surface area contributed by atoms with E-state index in [1.54, 1.807) is 0 Å². The summed E-state index contributed by atoms with van der Waals surface area (Å²) in [5.74, 6) is 3.17. The summed E-state index contributed by atoms with van der Waals surface area (Å²) in [5, 5.41) is 9.16. The Hall–Kier alpha value is 0.660. The average Bonchev–Trinajstić information content (AvgIpc) is 2.62. The van der Waals surface area contributed by atoms with Gasteiger partial charge in [0.25, 0.3) is 0 Å². The van der Waals surface area contributed by atoms with Crippen LogP contribution in [0.5, 0.6) is 0 Å². The molecular formula is C8H14OS2. The van der Waals surface area contributed by atoms with E-state index in [0.29, 0.717) is 16.6 Å². The van der Waals surface area contributed by atoms with E-state index in [0.717, 1.165) is 0 Å². The smallest absolute Gasteiger partial charge is 0.0661 e. The summed E-state index contributed by atoms with van der Waals surface area (Å²) >= 11 is 4.18. The zero-order valence-corrected chi connectivity index (χ0v) is 8.22. The maximum atomic E-state index is 9.16. The standard InChI is InChI=1S/C8H14OS2/c9-6-7-2-1-3-8(7)10-4-5-11-8/h7,9H,1-6H2/t7-/m0/s1. The van der Waals surface area contributed by atoms with Gasteiger partial charge in [0.2, 0.25) is 0 Å². The minimum absolute atomic E-state index is 0.403. The van der Waals surface area contributed by atoms with Gasteiger partial charge in [-0.1, -0.05) is 6.42 Å². The van der Waals surface area contributed by atoms with E-state index in [-0.39, 0.29) is 0 Å². The first kappa shape index (κ1) is 8.27. The minimum Gasteiger partial charge on any atom is -0.396 e. The highest BCUT2D eigenvalue weighted by Gasteiger charge is 2.45. The number of aliphatic hydroxyl groups excluding tert-OH is 1. The van der Waals surface area contributed by atoms with Crippen molar-refractivity contribution in [1.29, 1.82) is 0 Å². The molecule has 0 amide bonds. The topological polar surface area (TPSA) is 20.2 Å². The third kappa shape index (κ3) is 1.31. The van der Waals surface area contributed by atoms with Crippen LogP contribution in [0.3, 0.4) is 0 Å². The molecule has 0 aromatic heterocycles. The highest BCUT2D eigenvalue weighted by atomic mass is 32.2. The molecule has 1 aliphatic heterocycles. The van der Waals surface area contributed by atoms with E-state index in [9.17, 15) is 0 Å². The third-order valence-electron chi connectivity index (χ3n) is 2.70. The van der Waals surface area contributed by atoms with E-state index >= 15 is 0 Å². The van der Waals surface area contributed by atoms with Crippen molar-refractivity contribution in [3.63, 3.8) is 0 Å². The quantitative estimate of drug-likeness (QED) is 0.682. The van der Waals surface area contributed by atoms with E-state index in [1.807, 2.05) is 0 Å². The lowest BCUT2D eigenvalue weighted by molar-refractivity contribution is 0.228. The summed E-state index contributed by atoms with van der Waals surface area (Å²) in [5.41, 5.74) is 0. The largest absolute Gasteiger partial charge is 0.396 e. The highest BCUT2D eigenvalue weighted by molar-refractivity contribution is 8.21. The number of thioether (sulfide) groups is 2. The highest BCUT2D eigenvalue weighted by Crippen LogP contribution is 2.57. The Balaban J connectivity index is 2.09. The van der Waals surface area contributed by atoms with Crippen LogP contribution >= 0.6 is 23.5 Å². The van der Waals surface area contributed by atoms with Crippen LogP contribution in [0.15, 0.2) is 0 Å². The summed E-state index contributed by atoms with van der Waals surface area (Å²) in [6, 6.07) is 0. The molecule has 11 heavy (non-hydrogen) atoms. The van der Waals surface area contributed by atoms with Gasteiger partial charge in [-0.2, -0.15) is 0 Å². The Labute approximate surface area is 76.3 Å². The van der Waals surface area contributed by atoms with Crippen molar-refractivity contribution < 1.29 is 5.11 Å². The lowest BCUT2D eigenvalue weighted by Gasteiger charge is -2.27. The van der Waals surface area contributed by atoms with Gasteiger partial charge in [0.05, 0.1) is 4.08 Å². The first-order valence-corrected chi connectivity index (χ1v) is 6.23. The molecule has 3 heteroatoms. The molecule has 0 unspecified atom stereocenters. The van der Waals surface area contributed by atoms with Gasteiger partial charge < -0.3 is 5.11 Å². The molecule has 1 atom stereocenters. The van der Waals surface area contributed by atoms with Crippen molar-refractivity contribution in [2.75, 3.05) is 18.1 Å². The van der Waals surface area contributed by atoms with E-state index in [2.05, 4.69) is 23.5 Å². The summed E-state index contributed by atoms with van der Waals surface area (Å²) in [6.45, 7) is 0.403. The lowest BCUT2D eigenvalue weighted by Crippen LogP contribution is -2.25. The zero-order chi connectivity index (χ0) is 7.73. The fourth-order valence-corrected chi connectivity index (χ4v) is 5.72. The van der Waals surface area contributed by atoms with Crippen LogP contribution in [-0.4, -0.2) is 27.3 Å². The molecular weight excluding hydrogens is 176 g/mol. The Morgan fingerprint density at radius 2 is 2.09 bits per heavy atom. The van der Waals surface area contributed by atoms with Crippen LogP contribution < -0.4 is 0 Å². The number of hydrogen-bond acceptors (Lipinski definition) is 3. The average molecular weight is 190 g/mol. The first-order valence-electron chi connectivity index (χ1n) is 4.26. The summed E-state index contributed by atoms with van der Waals surface area (Å²) < 4.78 is 0.439. The summed E-state index contributed by atoms with van der Waals surface area (Å²) in [6.07, 6.45) is 3.90. The fourth-order valence-electron chi connectivity index (χ4n) is 2.10. The molecule has 64 valence electrons. The van der Waals surface area contributed by atoms with Gasteiger partial charge in [-0.15, -0.1) is 23.5 Å². The first-order chi connectivity index (χ1) is 5.37. The molecule has 1 N–H and O–H groups in total. The van der Waals surface area contributed by atoms with Gasteiger partial charge in [-0.3, -0.25) is 0 Å². The number of hydrogen-bond donors (Lipinski definition) is 1. The summed E-state index contributed by atoms with van der Waals surface area (Å²) in [4.78, 5) is 0. The molecule has 1 saturated heterocycles. The number of aliphatic hydroxyl groups is 1. The SMILES string of the molecule is OC[C@@H]1CCCC12SCCS2. The van der Waals surface area contributed by atoms with Crippen LogP contribution in [0.2, 0.25) is 0 Å². The predicted octanol–water partition coefficient (Wildman–Crippen LogP) is 1.96. The van der Waals surface area contributed by atoms with E-state index < -0.39 is 0 Å². The second-order valence-electron chi connectivity index (χ2n) is 3.28. The van der Waals surface area contributed by atoms with Gasteiger partial charge in [-0.25, -0.2) is 0 Å². The molecule has 1 spiro atoms. The van der Waals surface area contributed by atoms with Crippen molar-refractivity contribution in [3.8, 4) is 0 Å². The Kier molecular flexibility index (Phi) is 2.40. The maximum absolute atomic E-state index is 9.16. The van der Waals surface area contributed by atoms with Crippen molar-refractivity contribution in [2.45, 2.75) is 23.3 Å².